The van der Waals surface area contributed by atoms with Gasteiger partial charge in [-0.25, -0.2) is 32.8 Å². The summed E-state index contributed by atoms with van der Waals surface area (Å²) in [6.07, 6.45) is 28.7. The largest absolute Gasteiger partial charge is 0.478 e. The van der Waals surface area contributed by atoms with Crippen molar-refractivity contribution in [3.05, 3.63) is 283 Å². The number of carboxylic acid groups (broad SMARTS) is 5. The highest BCUT2D eigenvalue weighted by Crippen LogP contribution is 2.42. The van der Waals surface area contributed by atoms with E-state index in [0.29, 0.717) is 97.5 Å². The van der Waals surface area contributed by atoms with Crippen LogP contribution >= 0.6 is 0 Å². The molecule has 6 N–H and O–H groups in total. The number of fused-ring (bicyclic) bond motifs is 5. The molecule has 5 fully saturated rings. The average Bonchev–Trinajstić information content (AvgIpc) is 1.65. The van der Waals surface area contributed by atoms with E-state index in [4.69, 9.17) is 39.7 Å². The average molecular weight is 1750 g/mol. The van der Waals surface area contributed by atoms with E-state index in [1.807, 2.05) is 29.8 Å². The molecule has 0 radical (unpaired) electrons. The first-order valence-electron chi connectivity index (χ1n) is 44.1. The Hall–Kier alpha value is -13.2. The Morgan fingerprint density at radius 1 is 0.372 bits per heavy atom. The van der Waals surface area contributed by atoms with Crippen molar-refractivity contribution in [1.82, 2.24) is 79.1 Å². The Morgan fingerprint density at radius 3 is 1.05 bits per heavy atom. The second-order valence-corrected chi connectivity index (χ2v) is 34.2. The van der Waals surface area contributed by atoms with Gasteiger partial charge in [0.2, 0.25) is 5.92 Å². The smallest absolute Gasteiger partial charge is 0.336 e. The molecule has 3 atom stereocenters. The standard InChI is InChI=1S/C21H21F2N3O2.2C20H21N3O3.C19H20N4O2.C18H21N3O3/c1-13-2-3-19-17(10-13)18(11-14-12-24-9-6-16(14)20(27)28)25-26(19)15-4-7-21(22,23)8-5-15;1-13-2-3-19-17(10-13)18(22-23(19)15-5-8-26-9-6-15)11-14-12-21-7-4-16(14)20(24)25;1-13-4-5-19-17(9-13)18(22-23(19)15-3-2-8-26-12-15)10-14-11-21-7-6-16(14)20(24)25;1-12-2-3-18-16(8-12)17(22-23(18)14-4-6-21-11-14)9-13-10-20-7-5-15(13)19(24)25;22-18(23)14-5-7-19-10-12(14)9-16-15-3-1-2-4-17(15)21(20-16)13-6-8-24-11-13/h2-3,6,9-10,12,15H,4-5,7-8,11H2,1H3,(H,27,28);2-4,7,10,12,15H,5-6,8-9,11H2,1H3,(H,24,25);4-7,9,11,15H,2-3,8,10,12H2,1H3,(H,24,25);2-3,5,7-8,10,14,21H,4,6,9,11H2,1H3,(H,24,25);5,7,10,13H,1-4,6,8-9,11H2,(H,22,23)/t;;;14-;/m...1./s1. The zero-order chi connectivity index (χ0) is 90.0. The van der Waals surface area contributed by atoms with Crippen LogP contribution in [0.15, 0.2) is 165 Å². The summed E-state index contributed by atoms with van der Waals surface area (Å²) in [5.41, 5.74) is 20.5. The van der Waals surface area contributed by atoms with E-state index in [1.165, 1.54) is 72.8 Å². The maximum Gasteiger partial charge on any atom is 0.336 e. The first-order valence-corrected chi connectivity index (χ1v) is 44.1. The Kier molecular flexibility index (Phi) is 27.6. The summed E-state index contributed by atoms with van der Waals surface area (Å²) in [5.74, 6) is -7.32. The Bertz CT molecular complexity index is 6280. The first kappa shape index (κ1) is 89.2. The molecule has 14 aromatic rings. The lowest BCUT2D eigenvalue weighted by Crippen LogP contribution is -2.26. The minimum Gasteiger partial charge on any atom is -0.478 e. The second kappa shape index (κ2) is 40.0. The quantitative estimate of drug-likeness (QED) is 0.0413. The molecule has 6 aliphatic rings. The van der Waals surface area contributed by atoms with Crippen LogP contribution in [-0.4, -0.2) is 188 Å². The zero-order valence-corrected chi connectivity index (χ0v) is 72.5. The molecule has 1 saturated carbocycles. The van der Waals surface area contributed by atoms with Crippen LogP contribution in [0.1, 0.15) is 249 Å². The topological polar surface area (TPSA) is 380 Å². The van der Waals surface area contributed by atoms with Gasteiger partial charge in [0.15, 0.2) is 0 Å². The van der Waals surface area contributed by atoms with Gasteiger partial charge in [-0.2, -0.15) is 25.5 Å². The molecule has 10 aromatic heterocycles. The van der Waals surface area contributed by atoms with Crippen molar-refractivity contribution in [2.24, 2.45) is 0 Å². The molecule has 20 rings (SSSR count). The number of aromatic nitrogens is 15. The van der Waals surface area contributed by atoms with E-state index in [2.05, 4.69) is 124 Å². The van der Waals surface area contributed by atoms with Crippen LogP contribution in [0.5, 0.6) is 0 Å². The van der Waals surface area contributed by atoms with E-state index in [-0.39, 0.29) is 47.2 Å². The molecular formula is C98H104F2N16O13. The number of aryl methyl sites for hydroxylation is 4. The predicted molar refractivity (Wildman–Crippen MR) is 478 cm³/mol. The van der Waals surface area contributed by atoms with Crippen molar-refractivity contribution in [3.8, 4) is 0 Å². The number of hydrogen-bond acceptors (Lipinski definition) is 19. The van der Waals surface area contributed by atoms with Gasteiger partial charge in [-0.3, -0.25) is 48.3 Å². The molecule has 0 bridgehead atoms. The van der Waals surface area contributed by atoms with E-state index < -0.39 is 35.8 Å². The maximum absolute atomic E-state index is 13.6. The van der Waals surface area contributed by atoms with Gasteiger partial charge < -0.3 is 45.1 Å². The van der Waals surface area contributed by atoms with Crippen molar-refractivity contribution in [2.45, 2.75) is 186 Å². The fourth-order valence-corrected chi connectivity index (χ4v) is 18.5. The second-order valence-electron chi connectivity index (χ2n) is 34.2. The molecule has 129 heavy (non-hydrogen) atoms. The Balaban J connectivity index is 0.000000118. The van der Waals surface area contributed by atoms with Crippen molar-refractivity contribution < 1.29 is 72.5 Å². The molecule has 0 spiro atoms. The van der Waals surface area contributed by atoms with Gasteiger partial charge in [-0.05, 0) is 224 Å². The van der Waals surface area contributed by atoms with Crippen LogP contribution in [0.25, 0.3) is 43.6 Å². The molecule has 4 saturated heterocycles. The molecule has 0 amide bonds. The summed E-state index contributed by atoms with van der Waals surface area (Å²) >= 11 is 0. The number of alkyl halides is 2. The van der Waals surface area contributed by atoms with Crippen LogP contribution in [0.4, 0.5) is 8.78 Å². The molecule has 14 heterocycles. The SMILES string of the molecule is Cc1ccc2c(c1)c(Cc1cnccc1C(=O)O)nn2C1CCC(F)(F)CC1.Cc1ccc2c(c1)c(Cc1cnccc1C(=O)O)nn2C1CCCOC1.Cc1ccc2c(c1)c(Cc1cnccc1C(=O)O)nn2C1CCOCC1.Cc1ccc2c(c1)c(Cc1cnccc1C(=O)O)nn2[C@@H]1CCNC1.O=C(O)c1ccncc1Cc1nn(C2CCOC2)c2c1CCCC2. The van der Waals surface area contributed by atoms with Crippen molar-refractivity contribution in [2.75, 3.05) is 52.7 Å². The van der Waals surface area contributed by atoms with Gasteiger partial charge >= 0.3 is 29.8 Å². The Morgan fingerprint density at radius 2 is 0.698 bits per heavy atom. The number of pyridine rings is 5. The number of nitrogens with one attached hydrogen (secondary N) is 1. The third-order valence-electron chi connectivity index (χ3n) is 25.2. The molecule has 668 valence electrons. The minimum absolute atomic E-state index is 0.0774. The number of ether oxygens (including phenoxy) is 3. The molecule has 2 aliphatic carbocycles. The summed E-state index contributed by atoms with van der Waals surface area (Å²) in [5, 5.41) is 78.9. The number of nitrogens with zero attached hydrogens (tertiary/aromatic N) is 15. The van der Waals surface area contributed by atoms with Gasteiger partial charge in [0.05, 0.1) is 122 Å². The number of hydrogen-bond donors (Lipinski definition) is 6. The third kappa shape index (κ3) is 20.5. The zero-order valence-electron chi connectivity index (χ0n) is 72.5. The lowest BCUT2D eigenvalue weighted by Gasteiger charge is -2.28. The van der Waals surface area contributed by atoms with Crippen molar-refractivity contribution in [3.63, 3.8) is 0 Å². The number of carbonyl (C=O) groups is 5. The van der Waals surface area contributed by atoms with E-state index >= 15 is 0 Å². The van der Waals surface area contributed by atoms with Gasteiger partial charge in [0.1, 0.15) is 0 Å². The number of carboxylic acids is 5. The lowest BCUT2D eigenvalue weighted by atomic mass is 9.92. The van der Waals surface area contributed by atoms with Crippen LogP contribution in [0.2, 0.25) is 0 Å². The normalized spacial score (nSPS) is 17.4. The van der Waals surface area contributed by atoms with E-state index in [0.717, 1.165) is 192 Å². The summed E-state index contributed by atoms with van der Waals surface area (Å²) in [4.78, 5) is 77.9. The minimum atomic E-state index is -2.59. The summed E-state index contributed by atoms with van der Waals surface area (Å²) in [6, 6.07) is 33.7. The molecule has 29 nitrogen and oxygen atoms in total. The fraction of sp³-hybridized carbons (Fsp3) is 0.378. The number of rotatable bonds is 20. The number of halogens is 2. The lowest BCUT2D eigenvalue weighted by molar-refractivity contribution is -0.0446. The van der Waals surface area contributed by atoms with E-state index in [1.54, 1.807) is 49.2 Å². The molecule has 2 unspecified atom stereocenters. The van der Waals surface area contributed by atoms with Crippen LogP contribution in [-0.2, 0) is 59.2 Å². The monoisotopic (exact) mass is 1750 g/mol. The van der Waals surface area contributed by atoms with Gasteiger partial charge in [-0.1, -0.05) is 46.5 Å². The number of aromatic carboxylic acids is 5. The molecular weight excluding hydrogens is 1650 g/mol. The molecule has 4 aromatic carbocycles. The summed E-state index contributed by atoms with van der Waals surface area (Å²) in [7, 11) is 0. The molecule has 31 heteroatoms. The van der Waals surface area contributed by atoms with Crippen LogP contribution in [0, 0.1) is 27.7 Å². The van der Waals surface area contributed by atoms with Gasteiger partial charge in [0, 0.05) is 167 Å². The van der Waals surface area contributed by atoms with E-state index in [9.17, 15) is 58.3 Å². The van der Waals surface area contributed by atoms with Crippen molar-refractivity contribution >= 4 is 73.5 Å². The Labute approximate surface area is 742 Å². The summed E-state index contributed by atoms with van der Waals surface area (Å²) in [6.45, 7) is 14.5. The highest BCUT2D eigenvalue weighted by molar-refractivity contribution is 5.93. The summed E-state index contributed by atoms with van der Waals surface area (Å²) < 4.78 is 54.1. The fourth-order valence-electron chi connectivity index (χ4n) is 18.5. The number of benzene rings is 4. The molecule has 4 aliphatic heterocycles. The van der Waals surface area contributed by atoms with Crippen LogP contribution in [0.3, 0.4) is 0 Å². The first-order chi connectivity index (χ1) is 62.5. The highest BCUT2D eigenvalue weighted by Gasteiger charge is 2.37. The maximum atomic E-state index is 13.6. The van der Waals surface area contributed by atoms with Gasteiger partial charge in [-0.15, -0.1) is 0 Å². The van der Waals surface area contributed by atoms with Gasteiger partial charge in [0.25, 0.3) is 0 Å². The third-order valence-corrected chi connectivity index (χ3v) is 25.2. The van der Waals surface area contributed by atoms with Crippen molar-refractivity contribution in [1.29, 1.82) is 0 Å². The highest BCUT2D eigenvalue weighted by atomic mass is 19.3. The predicted octanol–water partition coefficient (Wildman–Crippen LogP) is 16.5. The van der Waals surface area contributed by atoms with Crippen LogP contribution < -0.4 is 5.32 Å².